The number of amides is 1. The van der Waals surface area contributed by atoms with Crippen LogP contribution in [0.3, 0.4) is 0 Å². The van der Waals surface area contributed by atoms with Crippen LogP contribution in [0.5, 0.6) is 0 Å². The fourth-order valence-corrected chi connectivity index (χ4v) is 1.10. The highest BCUT2D eigenvalue weighted by Gasteiger charge is 2.45. The minimum atomic E-state index is -0.412. The van der Waals surface area contributed by atoms with E-state index in [1.54, 1.807) is 6.08 Å². The van der Waals surface area contributed by atoms with E-state index in [-0.39, 0.29) is 11.9 Å². The second-order valence-corrected chi connectivity index (χ2v) is 3.56. The number of nitrogens with one attached hydrogen (secondary N) is 1. The predicted molar refractivity (Wildman–Crippen MR) is 46.9 cm³/mol. The van der Waals surface area contributed by atoms with Crippen LogP contribution in [0, 0.1) is 5.41 Å². The third-order valence-corrected chi connectivity index (χ3v) is 2.28. The van der Waals surface area contributed by atoms with Crippen LogP contribution in [0.15, 0.2) is 12.2 Å². The van der Waals surface area contributed by atoms with Gasteiger partial charge in [-0.25, -0.2) is 4.79 Å². The molecule has 0 spiro atoms. The molecule has 1 fully saturated rings. The third kappa shape index (κ3) is 1.71. The molecule has 1 N–H and O–H groups in total. The SMILES string of the molecule is COC(=O)C=C[C@H]1NC(=O)C1(C)C. The van der Waals surface area contributed by atoms with E-state index in [4.69, 9.17) is 0 Å². The van der Waals surface area contributed by atoms with Crippen molar-refractivity contribution in [3.05, 3.63) is 12.2 Å². The van der Waals surface area contributed by atoms with E-state index in [0.29, 0.717) is 0 Å². The number of β-lactam (4-membered cyclic amide) rings is 1. The molecule has 1 saturated heterocycles. The van der Waals surface area contributed by atoms with Gasteiger partial charge in [-0.3, -0.25) is 4.79 Å². The van der Waals surface area contributed by atoms with Crippen molar-refractivity contribution < 1.29 is 14.3 Å². The van der Waals surface area contributed by atoms with Gasteiger partial charge in [0.1, 0.15) is 0 Å². The molecular formula is C9H13NO3. The van der Waals surface area contributed by atoms with Crippen LogP contribution in [-0.4, -0.2) is 25.0 Å². The van der Waals surface area contributed by atoms with Crippen LogP contribution in [0.2, 0.25) is 0 Å². The Labute approximate surface area is 76.9 Å². The first kappa shape index (κ1) is 9.77. The Balaban J connectivity index is 2.54. The summed E-state index contributed by atoms with van der Waals surface area (Å²) in [5.41, 5.74) is -0.412. The van der Waals surface area contributed by atoms with E-state index < -0.39 is 11.4 Å². The van der Waals surface area contributed by atoms with Gasteiger partial charge in [0.15, 0.2) is 0 Å². The molecule has 0 aromatic heterocycles. The summed E-state index contributed by atoms with van der Waals surface area (Å²) < 4.78 is 4.43. The van der Waals surface area contributed by atoms with Gasteiger partial charge in [0.05, 0.1) is 18.6 Å². The summed E-state index contributed by atoms with van der Waals surface area (Å²) in [7, 11) is 1.32. The smallest absolute Gasteiger partial charge is 0.330 e. The molecule has 0 aromatic carbocycles. The number of esters is 1. The Kier molecular flexibility index (Phi) is 2.40. The average Bonchev–Trinajstić information content (AvgIpc) is 2.11. The van der Waals surface area contributed by atoms with E-state index in [0.717, 1.165) is 0 Å². The lowest BCUT2D eigenvalue weighted by Gasteiger charge is -2.41. The highest BCUT2D eigenvalue weighted by atomic mass is 16.5. The molecule has 1 aliphatic rings. The molecule has 1 heterocycles. The van der Waals surface area contributed by atoms with Crippen LogP contribution >= 0.6 is 0 Å². The van der Waals surface area contributed by atoms with E-state index in [2.05, 4.69) is 10.1 Å². The number of ether oxygens (including phenoxy) is 1. The summed E-state index contributed by atoms with van der Waals surface area (Å²) in [5.74, 6) is -0.399. The van der Waals surface area contributed by atoms with Gasteiger partial charge < -0.3 is 10.1 Å². The molecule has 1 rings (SSSR count). The van der Waals surface area contributed by atoms with Crippen LogP contribution in [0.4, 0.5) is 0 Å². The molecule has 1 amide bonds. The Morgan fingerprint density at radius 1 is 1.62 bits per heavy atom. The molecule has 0 saturated carbocycles. The van der Waals surface area contributed by atoms with Crippen molar-refractivity contribution >= 4 is 11.9 Å². The molecule has 0 aromatic rings. The number of rotatable bonds is 2. The minimum Gasteiger partial charge on any atom is -0.466 e. The van der Waals surface area contributed by atoms with Crippen molar-refractivity contribution in [3.63, 3.8) is 0 Å². The molecule has 13 heavy (non-hydrogen) atoms. The van der Waals surface area contributed by atoms with Crippen molar-refractivity contribution in [2.45, 2.75) is 19.9 Å². The zero-order chi connectivity index (χ0) is 10.1. The quantitative estimate of drug-likeness (QED) is 0.379. The molecule has 4 heteroatoms. The number of carbonyl (C=O) groups excluding carboxylic acids is 2. The monoisotopic (exact) mass is 183 g/mol. The van der Waals surface area contributed by atoms with Gasteiger partial charge in [0.25, 0.3) is 0 Å². The van der Waals surface area contributed by atoms with Gasteiger partial charge in [0, 0.05) is 6.08 Å². The lowest BCUT2D eigenvalue weighted by atomic mass is 9.76. The van der Waals surface area contributed by atoms with Crippen molar-refractivity contribution in [1.29, 1.82) is 0 Å². The molecule has 4 nitrogen and oxygen atoms in total. The first-order valence-corrected chi connectivity index (χ1v) is 4.05. The second-order valence-electron chi connectivity index (χ2n) is 3.56. The van der Waals surface area contributed by atoms with Crippen LogP contribution in [0.1, 0.15) is 13.8 Å². The molecule has 0 bridgehead atoms. The summed E-state index contributed by atoms with van der Waals surface area (Å²) in [5, 5.41) is 2.68. The fourth-order valence-electron chi connectivity index (χ4n) is 1.10. The van der Waals surface area contributed by atoms with Gasteiger partial charge in [-0.2, -0.15) is 0 Å². The van der Waals surface area contributed by atoms with Crippen LogP contribution in [-0.2, 0) is 14.3 Å². The fraction of sp³-hybridized carbons (Fsp3) is 0.556. The molecule has 72 valence electrons. The number of carbonyl (C=O) groups is 2. The predicted octanol–water partition coefficient (Wildman–Crippen LogP) is 0.240. The first-order valence-electron chi connectivity index (χ1n) is 4.05. The van der Waals surface area contributed by atoms with Gasteiger partial charge in [0.2, 0.25) is 5.91 Å². The lowest BCUT2D eigenvalue weighted by Crippen LogP contribution is -2.63. The summed E-state index contributed by atoms with van der Waals surface area (Å²) >= 11 is 0. The topological polar surface area (TPSA) is 55.4 Å². The largest absolute Gasteiger partial charge is 0.466 e. The zero-order valence-corrected chi connectivity index (χ0v) is 7.96. The van der Waals surface area contributed by atoms with Gasteiger partial charge in [-0.05, 0) is 13.8 Å². The highest BCUT2D eigenvalue weighted by Crippen LogP contribution is 2.30. The summed E-state index contributed by atoms with van der Waals surface area (Å²) in [6.45, 7) is 3.66. The highest BCUT2D eigenvalue weighted by molar-refractivity contribution is 5.91. The third-order valence-electron chi connectivity index (χ3n) is 2.28. The summed E-state index contributed by atoms with van der Waals surface area (Å²) in [6, 6.07) is -0.0703. The van der Waals surface area contributed by atoms with Crippen LogP contribution in [0.25, 0.3) is 0 Å². The van der Waals surface area contributed by atoms with Gasteiger partial charge >= 0.3 is 5.97 Å². The molecule has 1 atom stereocenters. The van der Waals surface area contributed by atoms with Gasteiger partial charge in [-0.1, -0.05) is 6.08 Å². The molecular weight excluding hydrogens is 170 g/mol. The van der Waals surface area contributed by atoms with E-state index >= 15 is 0 Å². The molecule has 1 aliphatic heterocycles. The number of methoxy groups -OCH3 is 1. The van der Waals surface area contributed by atoms with Crippen LogP contribution < -0.4 is 5.32 Å². The average molecular weight is 183 g/mol. The maximum atomic E-state index is 11.0. The van der Waals surface area contributed by atoms with Crippen molar-refractivity contribution in [2.24, 2.45) is 5.41 Å². The Hall–Kier alpha value is -1.32. The zero-order valence-electron chi connectivity index (χ0n) is 7.96. The van der Waals surface area contributed by atoms with Gasteiger partial charge in [-0.15, -0.1) is 0 Å². The standard InChI is InChI=1S/C9H13NO3/c1-9(2)6(10-8(9)12)4-5-7(11)13-3/h4-6H,1-3H3,(H,10,12)/t6-/m1/s1. The summed E-state index contributed by atoms with van der Waals surface area (Å²) in [4.78, 5) is 21.7. The minimum absolute atomic E-state index is 0.00650. The van der Waals surface area contributed by atoms with E-state index in [1.807, 2.05) is 13.8 Å². The lowest BCUT2D eigenvalue weighted by molar-refractivity contribution is -0.141. The van der Waals surface area contributed by atoms with E-state index in [1.165, 1.54) is 13.2 Å². The van der Waals surface area contributed by atoms with Crippen molar-refractivity contribution in [1.82, 2.24) is 5.32 Å². The Bertz CT molecular complexity index is 268. The first-order chi connectivity index (χ1) is 5.98. The molecule has 0 aliphatic carbocycles. The van der Waals surface area contributed by atoms with E-state index in [9.17, 15) is 9.59 Å². The van der Waals surface area contributed by atoms with Crippen molar-refractivity contribution in [3.8, 4) is 0 Å². The normalized spacial score (nSPS) is 25.2. The number of hydrogen-bond acceptors (Lipinski definition) is 3. The maximum Gasteiger partial charge on any atom is 0.330 e. The Morgan fingerprint density at radius 3 is 2.62 bits per heavy atom. The Morgan fingerprint density at radius 2 is 2.23 bits per heavy atom. The number of hydrogen-bond donors (Lipinski definition) is 1. The molecule has 0 unspecified atom stereocenters. The summed E-state index contributed by atoms with van der Waals surface area (Å²) in [6.07, 6.45) is 2.97. The maximum absolute atomic E-state index is 11.0. The second kappa shape index (κ2) is 3.20. The van der Waals surface area contributed by atoms with Crippen molar-refractivity contribution in [2.75, 3.05) is 7.11 Å². The molecule has 0 radical (unpaired) electrons.